The largest absolute Gasteiger partial charge is 0.497 e. The molecule has 0 aliphatic heterocycles. The van der Waals surface area contributed by atoms with Crippen molar-refractivity contribution in [2.45, 2.75) is 0 Å². The number of hydrogen-bond donors (Lipinski definition) is 0. The fraction of sp³-hybridized carbons (Fsp3) is 0.130. The Morgan fingerprint density at radius 3 is 2.26 bits per heavy atom. The Kier molecular flexibility index (Phi) is 5.36. The van der Waals surface area contributed by atoms with Crippen molar-refractivity contribution in [3.05, 3.63) is 77.7 Å². The molecule has 3 heterocycles. The van der Waals surface area contributed by atoms with Gasteiger partial charge in [-0.1, -0.05) is 30.3 Å². The number of pyridine rings is 2. The number of nitrogens with zero attached hydrogens (tertiary/aromatic N) is 3. The third-order valence-corrected chi connectivity index (χ3v) is 4.77. The van der Waals surface area contributed by atoms with Crippen molar-refractivity contribution in [1.29, 1.82) is 0 Å². The number of methoxy groups -OCH3 is 3. The van der Waals surface area contributed by atoms with Crippen LogP contribution in [0.15, 0.2) is 60.8 Å². The van der Waals surface area contributed by atoms with E-state index in [4.69, 9.17) is 14.2 Å². The molecule has 156 valence electrons. The van der Waals surface area contributed by atoms with E-state index in [1.54, 1.807) is 30.0 Å². The van der Waals surface area contributed by atoms with Crippen molar-refractivity contribution in [3.8, 4) is 22.8 Å². The minimum atomic E-state index is -0.666. The highest BCUT2D eigenvalue weighted by Gasteiger charge is 2.25. The average molecular weight is 417 g/mol. The smallest absolute Gasteiger partial charge is 0.356 e. The standard InChI is InChI=1S/C23H19N3O5/c1-29-15-9-10-19-20(21(25-26(19)13-15)14-7-5-4-6-8-14)22(27)17-11-16(30-2)12-18(24-17)23(28)31-3/h4-13H,1-3H3. The van der Waals surface area contributed by atoms with E-state index < -0.39 is 11.8 Å². The molecule has 0 unspecified atom stereocenters. The molecule has 0 atom stereocenters. The lowest BCUT2D eigenvalue weighted by Gasteiger charge is -2.08. The van der Waals surface area contributed by atoms with Gasteiger partial charge in [-0.15, -0.1) is 0 Å². The quantitative estimate of drug-likeness (QED) is 0.351. The number of ketones is 1. The van der Waals surface area contributed by atoms with Crippen molar-refractivity contribution in [3.63, 3.8) is 0 Å². The highest BCUT2D eigenvalue weighted by molar-refractivity contribution is 6.16. The summed E-state index contributed by atoms with van der Waals surface area (Å²) in [7, 11) is 4.25. The minimum absolute atomic E-state index is 0.0235. The number of fused-ring (bicyclic) bond motifs is 1. The maximum Gasteiger partial charge on any atom is 0.356 e. The minimum Gasteiger partial charge on any atom is -0.497 e. The molecule has 0 fully saturated rings. The predicted octanol–water partition coefficient (Wildman–Crippen LogP) is 3.43. The van der Waals surface area contributed by atoms with Gasteiger partial charge in [-0.05, 0) is 12.1 Å². The summed E-state index contributed by atoms with van der Waals surface area (Å²) in [4.78, 5) is 29.9. The van der Waals surface area contributed by atoms with Crippen LogP contribution >= 0.6 is 0 Å². The molecule has 0 N–H and O–H groups in total. The summed E-state index contributed by atoms with van der Waals surface area (Å²) in [6.45, 7) is 0. The fourth-order valence-corrected chi connectivity index (χ4v) is 3.25. The first-order valence-corrected chi connectivity index (χ1v) is 9.36. The van der Waals surface area contributed by atoms with Gasteiger partial charge in [-0.3, -0.25) is 4.79 Å². The molecule has 1 aromatic carbocycles. The first kappa shape index (κ1) is 20.1. The van der Waals surface area contributed by atoms with E-state index in [-0.39, 0.29) is 11.4 Å². The molecule has 8 nitrogen and oxygen atoms in total. The Morgan fingerprint density at radius 2 is 1.58 bits per heavy atom. The van der Waals surface area contributed by atoms with Gasteiger partial charge < -0.3 is 14.2 Å². The summed E-state index contributed by atoms with van der Waals surface area (Å²) >= 11 is 0. The number of aromatic nitrogens is 3. The van der Waals surface area contributed by atoms with Crippen molar-refractivity contribution < 1.29 is 23.8 Å². The van der Waals surface area contributed by atoms with Crippen molar-refractivity contribution in [2.75, 3.05) is 21.3 Å². The Bertz CT molecular complexity index is 1280. The first-order valence-electron chi connectivity index (χ1n) is 9.36. The lowest BCUT2D eigenvalue weighted by Crippen LogP contribution is -2.11. The van der Waals surface area contributed by atoms with E-state index in [1.807, 2.05) is 30.3 Å². The number of benzene rings is 1. The maximum absolute atomic E-state index is 13.6. The van der Waals surface area contributed by atoms with Crippen LogP contribution in [0.4, 0.5) is 0 Å². The third kappa shape index (κ3) is 3.71. The molecule has 4 aromatic rings. The summed E-state index contributed by atoms with van der Waals surface area (Å²) in [6, 6.07) is 15.8. The van der Waals surface area contributed by atoms with Gasteiger partial charge >= 0.3 is 5.97 Å². The highest BCUT2D eigenvalue weighted by Crippen LogP contribution is 2.30. The molecule has 0 bridgehead atoms. The molecule has 0 saturated carbocycles. The van der Waals surface area contributed by atoms with Crippen LogP contribution in [-0.2, 0) is 4.74 Å². The second kappa shape index (κ2) is 8.27. The number of hydrogen-bond acceptors (Lipinski definition) is 7. The average Bonchev–Trinajstić information content (AvgIpc) is 3.21. The Balaban J connectivity index is 1.95. The molecule has 0 amide bonds. The molecule has 0 saturated heterocycles. The van der Waals surface area contributed by atoms with E-state index in [9.17, 15) is 9.59 Å². The molecule has 0 aliphatic rings. The fourth-order valence-electron chi connectivity index (χ4n) is 3.25. The molecule has 0 spiro atoms. The maximum atomic E-state index is 13.6. The highest BCUT2D eigenvalue weighted by atomic mass is 16.5. The van der Waals surface area contributed by atoms with E-state index >= 15 is 0 Å². The molecule has 0 radical (unpaired) electrons. The van der Waals surface area contributed by atoms with Crippen molar-refractivity contribution in [1.82, 2.24) is 14.6 Å². The second-order valence-corrected chi connectivity index (χ2v) is 6.59. The molecule has 4 rings (SSSR count). The zero-order chi connectivity index (χ0) is 22.0. The lowest BCUT2D eigenvalue weighted by atomic mass is 10.0. The SMILES string of the molecule is COC(=O)c1cc(OC)cc(C(=O)c2c(-c3ccccc3)nn3cc(OC)ccc23)n1. The van der Waals surface area contributed by atoms with Crippen molar-refractivity contribution >= 4 is 17.3 Å². The first-order chi connectivity index (χ1) is 15.0. The summed E-state index contributed by atoms with van der Waals surface area (Å²) in [5, 5.41) is 4.62. The van der Waals surface area contributed by atoms with Crippen LogP contribution in [-0.4, -0.2) is 47.7 Å². The summed E-state index contributed by atoms with van der Waals surface area (Å²) in [5.41, 5.74) is 2.21. The lowest BCUT2D eigenvalue weighted by molar-refractivity contribution is 0.0593. The van der Waals surface area contributed by atoms with Gasteiger partial charge in [-0.2, -0.15) is 5.10 Å². The topological polar surface area (TPSA) is 92.0 Å². The normalized spacial score (nSPS) is 10.7. The zero-order valence-corrected chi connectivity index (χ0v) is 17.2. The van der Waals surface area contributed by atoms with Crippen LogP contribution < -0.4 is 9.47 Å². The van der Waals surface area contributed by atoms with E-state index in [0.29, 0.717) is 28.3 Å². The Hall–Kier alpha value is -4.20. The monoisotopic (exact) mass is 417 g/mol. The predicted molar refractivity (Wildman–Crippen MR) is 113 cm³/mol. The molecular formula is C23H19N3O5. The summed E-state index contributed by atoms with van der Waals surface area (Å²) < 4.78 is 16.9. The van der Waals surface area contributed by atoms with Crippen LogP contribution in [0.2, 0.25) is 0 Å². The Labute approximate surface area is 178 Å². The Morgan fingerprint density at radius 1 is 0.871 bits per heavy atom. The number of ether oxygens (including phenoxy) is 3. The van der Waals surface area contributed by atoms with Crippen LogP contribution in [0.1, 0.15) is 26.5 Å². The zero-order valence-electron chi connectivity index (χ0n) is 17.2. The van der Waals surface area contributed by atoms with Gasteiger partial charge in [0.2, 0.25) is 5.78 Å². The molecule has 0 aliphatic carbocycles. The van der Waals surface area contributed by atoms with Crippen LogP contribution in [0.25, 0.3) is 16.8 Å². The van der Waals surface area contributed by atoms with Crippen LogP contribution in [0, 0.1) is 0 Å². The van der Waals surface area contributed by atoms with Crippen LogP contribution in [0.3, 0.4) is 0 Å². The molecule has 31 heavy (non-hydrogen) atoms. The molecular weight excluding hydrogens is 398 g/mol. The number of carbonyl (C=O) groups is 2. The number of esters is 1. The van der Waals surface area contributed by atoms with Gasteiger partial charge in [0.1, 0.15) is 22.9 Å². The van der Waals surface area contributed by atoms with Crippen LogP contribution in [0.5, 0.6) is 11.5 Å². The van der Waals surface area contributed by atoms with Gasteiger partial charge in [0.05, 0.1) is 38.6 Å². The summed E-state index contributed by atoms with van der Waals surface area (Å²) in [5.74, 6) is -0.150. The molecule has 8 heteroatoms. The third-order valence-electron chi connectivity index (χ3n) is 4.77. The van der Waals surface area contributed by atoms with E-state index in [1.165, 1.54) is 26.4 Å². The van der Waals surface area contributed by atoms with Gasteiger partial charge in [-0.25, -0.2) is 14.3 Å². The summed E-state index contributed by atoms with van der Waals surface area (Å²) in [6.07, 6.45) is 1.69. The van der Waals surface area contributed by atoms with Crippen molar-refractivity contribution in [2.24, 2.45) is 0 Å². The number of carbonyl (C=O) groups excluding carboxylic acids is 2. The van der Waals surface area contributed by atoms with E-state index in [2.05, 4.69) is 10.1 Å². The van der Waals surface area contributed by atoms with Gasteiger partial charge in [0.15, 0.2) is 5.69 Å². The van der Waals surface area contributed by atoms with Gasteiger partial charge in [0, 0.05) is 17.7 Å². The number of rotatable bonds is 6. The van der Waals surface area contributed by atoms with Gasteiger partial charge in [0.25, 0.3) is 0 Å². The molecule has 3 aromatic heterocycles. The van der Waals surface area contributed by atoms with E-state index in [0.717, 1.165) is 5.56 Å². The second-order valence-electron chi connectivity index (χ2n) is 6.59.